The van der Waals surface area contributed by atoms with Crippen molar-refractivity contribution in [1.29, 1.82) is 0 Å². The highest BCUT2D eigenvalue weighted by Crippen LogP contribution is 2.54. The maximum Gasteiger partial charge on any atom is 0.341 e. The molecule has 0 spiro atoms. The number of halogens is 2. The number of likely N-dealkylation sites (N-methyl/N-ethyl adjacent to an activating group) is 1. The first-order valence-electron chi connectivity index (χ1n) is 14.7. The molecule has 6 heterocycles. The summed E-state index contributed by atoms with van der Waals surface area (Å²) in [5.74, 6) is 0.705. The Kier molecular flexibility index (Phi) is 7.30. The monoisotopic (exact) mass is 650 g/mol. The van der Waals surface area contributed by atoms with Gasteiger partial charge in [-0.25, -0.2) is 9.78 Å². The number of hydrogen-bond donors (Lipinski definition) is 1. The Morgan fingerprint density at radius 1 is 1.11 bits per heavy atom. The molecule has 45 heavy (non-hydrogen) atoms. The number of carboxylic acids is 1. The number of carbonyl (C=O) groups is 1. The number of ether oxygens (including phenoxy) is 2. The van der Waals surface area contributed by atoms with E-state index < -0.39 is 11.4 Å². The van der Waals surface area contributed by atoms with E-state index in [1.54, 1.807) is 29.0 Å². The third-order valence-corrected chi connectivity index (χ3v) is 9.94. The third-order valence-electron chi connectivity index (χ3n) is 9.35. The number of hydrogen-bond acceptors (Lipinski definition) is 9. The van der Waals surface area contributed by atoms with Crippen LogP contribution in [-0.4, -0.2) is 89.5 Å². The Morgan fingerprint density at radius 3 is 2.56 bits per heavy atom. The zero-order valence-corrected chi connectivity index (χ0v) is 26.5. The van der Waals surface area contributed by atoms with Crippen LogP contribution in [0, 0.1) is 5.92 Å². The van der Waals surface area contributed by atoms with Gasteiger partial charge in [-0.2, -0.15) is 4.98 Å². The van der Waals surface area contributed by atoms with Crippen molar-refractivity contribution in [1.82, 2.24) is 19.4 Å². The molecule has 0 amide bonds. The average Bonchev–Trinajstić information content (AvgIpc) is 3.52. The number of nitrogens with zero attached hydrogens (tertiary/aromatic N) is 6. The van der Waals surface area contributed by atoms with E-state index in [0.29, 0.717) is 51.6 Å². The van der Waals surface area contributed by atoms with Crippen LogP contribution in [0.25, 0.3) is 16.6 Å². The minimum atomic E-state index is -1.31. The molecular formula is C32H32Cl2N6O5. The van der Waals surface area contributed by atoms with E-state index in [9.17, 15) is 14.7 Å². The lowest BCUT2D eigenvalue weighted by molar-refractivity contribution is 0.0695. The van der Waals surface area contributed by atoms with Crippen LogP contribution in [0.2, 0.25) is 10.0 Å². The fourth-order valence-electron chi connectivity index (χ4n) is 6.77. The number of benzene rings is 1. The fourth-order valence-corrected chi connectivity index (χ4v) is 7.20. The van der Waals surface area contributed by atoms with Crippen molar-refractivity contribution in [3.05, 3.63) is 74.6 Å². The number of pyridine rings is 3. The van der Waals surface area contributed by atoms with Crippen LogP contribution in [0.15, 0.2) is 53.6 Å². The summed E-state index contributed by atoms with van der Waals surface area (Å²) in [5.41, 5.74) is 0.633. The van der Waals surface area contributed by atoms with Gasteiger partial charge in [0, 0.05) is 43.3 Å². The van der Waals surface area contributed by atoms with Gasteiger partial charge in [0.05, 0.1) is 40.8 Å². The zero-order valence-electron chi connectivity index (χ0n) is 25.0. The van der Waals surface area contributed by atoms with Crippen molar-refractivity contribution in [2.45, 2.75) is 24.4 Å². The molecular weight excluding hydrogens is 619 g/mol. The van der Waals surface area contributed by atoms with Gasteiger partial charge in [-0.3, -0.25) is 4.79 Å². The molecule has 8 rings (SSSR count). The van der Waals surface area contributed by atoms with Gasteiger partial charge in [-0.05, 0) is 63.2 Å². The van der Waals surface area contributed by atoms with Crippen LogP contribution in [-0.2, 0) is 0 Å². The first-order chi connectivity index (χ1) is 21.6. The summed E-state index contributed by atoms with van der Waals surface area (Å²) >= 11 is 13.2. The van der Waals surface area contributed by atoms with Gasteiger partial charge in [0.1, 0.15) is 23.0 Å². The Morgan fingerprint density at radius 2 is 1.89 bits per heavy atom. The first-order valence-corrected chi connectivity index (χ1v) is 15.4. The molecule has 1 N–H and O–H groups in total. The third kappa shape index (κ3) is 5.03. The van der Waals surface area contributed by atoms with Crippen molar-refractivity contribution in [3.8, 4) is 17.4 Å². The van der Waals surface area contributed by atoms with Crippen LogP contribution < -0.4 is 24.7 Å². The summed E-state index contributed by atoms with van der Waals surface area (Å²) in [6, 6.07) is 11.1. The lowest BCUT2D eigenvalue weighted by atomic mass is 9.74. The molecule has 1 aromatic carbocycles. The first kappa shape index (κ1) is 29.6. The topological polar surface area (TPSA) is 113 Å². The van der Waals surface area contributed by atoms with Crippen LogP contribution in [0.1, 0.15) is 23.2 Å². The molecule has 3 aromatic heterocycles. The number of anilines is 2. The molecule has 4 fully saturated rings. The minimum Gasteiger partial charge on any atom is -0.481 e. The predicted molar refractivity (Wildman–Crippen MR) is 173 cm³/mol. The molecule has 3 saturated heterocycles. The summed E-state index contributed by atoms with van der Waals surface area (Å²) in [5, 5.41) is 10.8. The fraction of sp³-hybridized carbons (Fsp3) is 0.375. The molecule has 1 saturated carbocycles. The van der Waals surface area contributed by atoms with Crippen molar-refractivity contribution in [3.63, 3.8) is 0 Å². The van der Waals surface area contributed by atoms with Crippen molar-refractivity contribution >= 4 is 51.6 Å². The normalized spacial score (nSPS) is 20.8. The minimum absolute atomic E-state index is 0.216. The molecule has 11 nitrogen and oxygen atoms in total. The Balaban J connectivity index is 1.25. The summed E-state index contributed by atoms with van der Waals surface area (Å²) in [4.78, 5) is 41.1. The quantitative estimate of drug-likeness (QED) is 0.276. The van der Waals surface area contributed by atoms with Crippen LogP contribution in [0.5, 0.6) is 11.8 Å². The van der Waals surface area contributed by atoms with Gasteiger partial charge in [0.25, 0.3) is 0 Å². The van der Waals surface area contributed by atoms with Gasteiger partial charge in [0.2, 0.25) is 17.2 Å². The summed E-state index contributed by atoms with van der Waals surface area (Å²) in [6.07, 6.45) is 4.88. The molecule has 1 aliphatic carbocycles. The van der Waals surface area contributed by atoms with Gasteiger partial charge in [-0.1, -0.05) is 23.2 Å². The van der Waals surface area contributed by atoms with Crippen molar-refractivity contribution in [2.24, 2.45) is 5.92 Å². The average molecular weight is 652 g/mol. The number of aromatic nitrogens is 3. The molecule has 0 radical (unpaired) electrons. The lowest BCUT2D eigenvalue weighted by Gasteiger charge is -2.43. The van der Waals surface area contributed by atoms with E-state index in [1.165, 1.54) is 13.3 Å². The number of aromatic carboxylic acids is 1. The molecule has 0 atom stereocenters. The van der Waals surface area contributed by atoms with Gasteiger partial charge in [-0.15, -0.1) is 0 Å². The van der Waals surface area contributed by atoms with Gasteiger partial charge < -0.3 is 33.8 Å². The summed E-state index contributed by atoms with van der Waals surface area (Å²) in [6.45, 7) is 2.87. The van der Waals surface area contributed by atoms with Crippen molar-refractivity contribution in [2.75, 3.05) is 57.2 Å². The Bertz CT molecular complexity index is 1870. The Labute approximate surface area is 269 Å². The zero-order chi connectivity index (χ0) is 31.6. The largest absolute Gasteiger partial charge is 0.481 e. The number of rotatable bonds is 9. The number of carboxylic acid groups (broad SMARTS) is 1. The summed E-state index contributed by atoms with van der Waals surface area (Å²) < 4.78 is 13.1. The Hall–Kier alpha value is -4.06. The molecule has 2 bridgehead atoms. The highest BCUT2D eigenvalue weighted by Gasteiger charge is 2.57. The van der Waals surface area contributed by atoms with E-state index in [-0.39, 0.29) is 16.5 Å². The molecule has 4 aromatic rings. The van der Waals surface area contributed by atoms with E-state index >= 15 is 0 Å². The van der Waals surface area contributed by atoms with Gasteiger partial charge in [0.15, 0.2) is 0 Å². The standard InChI is InChI=1S/C32H32Cl2N6O5/c1-37(2)20-14-38(15-20)27-6-4-19(12-35-27)39-16-22(31(42)43)29(41)21-8-24(34)26(9-25(21)39)40-13-18-10-32(40,11-18)17-45-30-23(33)5-7-28(36-30)44-3/h4-9,12,16,18,20H,10-11,13-15,17H2,1-3H3,(H,42,43). The van der Waals surface area contributed by atoms with E-state index in [2.05, 4.69) is 38.8 Å². The molecule has 4 aliphatic rings. The molecule has 13 heteroatoms. The maximum absolute atomic E-state index is 13.4. The highest BCUT2D eigenvalue weighted by molar-refractivity contribution is 6.34. The maximum atomic E-state index is 13.4. The van der Waals surface area contributed by atoms with E-state index in [0.717, 1.165) is 44.0 Å². The summed E-state index contributed by atoms with van der Waals surface area (Å²) in [7, 11) is 5.66. The molecule has 234 valence electrons. The SMILES string of the molecule is COc1ccc(Cl)c(OCC23CC(CN2c2cc4c(cc2Cl)c(=O)c(C(=O)O)cn4-c2ccc(N4CC(N(C)C)C4)nc2)C3)n1. The number of methoxy groups -OCH3 is 1. The van der Waals surface area contributed by atoms with Crippen molar-refractivity contribution < 1.29 is 19.4 Å². The van der Waals surface area contributed by atoms with Crippen LogP contribution in [0.4, 0.5) is 11.5 Å². The second-order valence-corrected chi connectivity index (χ2v) is 13.1. The predicted octanol–water partition coefficient (Wildman–Crippen LogP) is 4.59. The molecule has 3 aliphatic heterocycles. The van der Waals surface area contributed by atoms with Crippen LogP contribution in [0.3, 0.4) is 0 Å². The van der Waals surface area contributed by atoms with Crippen LogP contribution >= 0.6 is 23.2 Å². The molecule has 0 unspecified atom stereocenters. The highest BCUT2D eigenvalue weighted by atomic mass is 35.5. The van der Waals surface area contributed by atoms with Gasteiger partial charge >= 0.3 is 5.97 Å². The number of fused-ring (bicyclic) bond motifs is 2. The smallest absolute Gasteiger partial charge is 0.341 e. The van der Waals surface area contributed by atoms with E-state index in [4.69, 9.17) is 32.7 Å². The second-order valence-electron chi connectivity index (χ2n) is 12.3. The van der Waals surface area contributed by atoms with E-state index in [1.807, 2.05) is 18.2 Å². The second kappa shape index (κ2) is 11.1. The lowest BCUT2D eigenvalue weighted by Crippen LogP contribution is -2.57.